The summed E-state index contributed by atoms with van der Waals surface area (Å²) < 4.78 is 27.0. The molecule has 7 heteroatoms. The van der Waals surface area contributed by atoms with Crippen LogP contribution in [0.25, 0.3) is 0 Å². The number of pyridine rings is 1. The number of hydrogen-bond donors (Lipinski definition) is 1. The van der Waals surface area contributed by atoms with Gasteiger partial charge in [0.1, 0.15) is 5.82 Å². The molecule has 20 heavy (non-hydrogen) atoms. The predicted octanol–water partition coefficient (Wildman–Crippen LogP) is 2.08. The summed E-state index contributed by atoms with van der Waals surface area (Å²) in [4.78, 5) is 4.06. The molecule has 1 fully saturated rings. The van der Waals surface area contributed by atoms with Gasteiger partial charge in [-0.25, -0.2) is 13.4 Å². The fourth-order valence-corrected chi connectivity index (χ4v) is 4.41. The standard InChI is InChI=1S/C13H15N3O2S2/c14-13-7-12(3-5-15-13)20(17,18)16(11-1-2-11)8-10-4-6-19-9-10/h3-7,9,11H,1-2,8H2,(H2,14,15). The van der Waals surface area contributed by atoms with E-state index in [2.05, 4.69) is 4.98 Å². The molecule has 5 nitrogen and oxygen atoms in total. The summed E-state index contributed by atoms with van der Waals surface area (Å²) in [5.74, 6) is 0.220. The third-order valence-electron chi connectivity index (χ3n) is 3.23. The molecular weight excluding hydrogens is 294 g/mol. The van der Waals surface area contributed by atoms with Gasteiger partial charge in [0.2, 0.25) is 10.0 Å². The Morgan fingerprint density at radius 2 is 2.20 bits per heavy atom. The molecule has 2 aromatic heterocycles. The highest BCUT2D eigenvalue weighted by molar-refractivity contribution is 7.89. The molecule has 1 saturated carbocycles. The van der Waals surface area contributed by atoms with Gasteiger partial charge in [-0.05, 0) is 41.3 Å². The van der Waals surface area contributed by atoms with E-state index in [4.69, 9.17) is 5.73 Å². The van der Waals surface area contributed by atoms with Crippen molar-refractivity contribution in [3.05, 3.63) is 40.7 Å². The molecule has 106 valence electrons. The van der Waals surface area contributed by atoms with E-state index in [1.165, 1.54) is 18.3 Å². The summed E-state index contributed by atoms with van der Waals surface area (Å²) in [5.41, 5.74) is 6.61. The van der Waals surface area contributed by atoms with Crippen molar-refractivity contribution in [3.63, 3.8) is 0 Å². The van der Waals surface area contributed by atoms with E-state index >= 15 is 0 Å². The minimum atomic E-state index is -3.52. The van der Waals surface area contributed by atoms with Gasteiger partial charge < -0.3 is 5.73 Å². The molecule has 0 radical (unpaired) electrons. The molecule has 0 spiro atoms. The Hall–Kier alpha value is -1.44. The van der Waals surface area contributed by atoms with Crippen LogP contribution in [0.5, 0.6) is 0 Å². The first-order valence-electron chi connectivity index (χ1n) is 6.32. The Morgan fingerprint density at radius 1 is 1.40 bits per heavy atom. The van der Waals surface area contributed by atoms with Crippen LogP contribution in [0.3, 0.4) is 0 Å². The number of hydrogen-bond acceptors (Lipinski definition) is 5. The zero-order chi connectivity index (χ0) is 14.2. The van der Waals surface area contributed by atoms with Crippen molar-refractivity contribution in [1.82, 2.24) is 9.29 Å². The van der Waals surface area contributed by atoms with Gasteiger partial charge in [-0.3, -0.25) is 0 Å². The van der Waals surface area contributed by atoms with E-state index in [1.807, 2.05) is 16.8 Å². The van der Waals surface area contributed by atoms with Gasteiger partial charge in [0, 0.05) is 24.8 Å². The van der Waals surface area contributed by atoms with Crippen molar-refractivity contribution < 1.29 is 8.42 Å². The van der Waals surface area contributed by atoms with Crippen LogP contribution in [0.2, 0.25) is 0 Å². The quantitative estimate of drug-likeness (QED) is 0.917. The fourth-order valence-electron chi connectivity index (χ4n) is 2.06. The molecule has 1 aliphatic rings. The van der Waals surface area contributed by atoms with E-state index < -0.39 is 10.0 Å². The average Bonchev–Trinajstić information content (AvgIpc) is 3.12. The Morgan fingerprint density at radius 3 is 2.80 bits per heavy atom. The third-order valence-corrected chi connectivity index (χ3v) is 5.86. The third kappa shape index (κ3) is 2.70. The van der Waals surface area contributed by atoms with Crippen LogP contribution >= 0.6 is 11.3 Å². The molecule has 0 saturated heterocycles. The molecule has 2 N–H and O–H groups in total. The molecule has 0 amide bonds. The zero-order valence-corrected chi connectivity index (χ0v) is 12.4. The van der Waals surface area contributed by atoms with E-state index in [0.717, 1.165) is 18.4 Å². The van der Waals surface area contributed by atoms with Crippen molar-refractivity contribution in [2.24, 2.45) is 0 Å². The second kappa shape index (κ2) is 5.16. The van der Waals surface area contributed by atoms with Crippen LogP contribution in [0.1, 0.15) is 18.4 Å². The number of thiophene rings is 1. The van der Waals surface area contributed by atoms with Gasteiger partial charge in [0.05, 0.1) is 4.90 Å². The maximum Gasteiger partial charge on any atom is 0.243 e. The normalized spacial score (nSPS) is 15.7. The van der Waals surface area contributed by atoms with Crippen LogP contribution in [0.4, 0.5) is 5.82 Å². The van der Waals surface area contributed by atoms with E-state index in [1.54, 1.807) is 15.6 Å². The van der Waals surface area contributed by atoms with Crippen LogP contribution in [0, 0.1) is 0 Å². The molecule has 0 unspecified atom stereocenters. The van der Waals surface area contributed by atoms with E-state index in [-0.39, 0.29) is 16.8 Å². The number of rotatable bonds is 5. The van der Waals surface area contributed by atoms with Gasteiger partial charge in [0.15, 0.2) is 0 Å². The highest BCUT2D eigenvalue weighted by Gasteiger charge is 2.38. The van der Waals surface area contributed by atoms with Crippen LogP contribution in [-0.4, -0.2) is 23.7 Å². The Kier molecular flexibility index (Phi) is 3.49. The molecule has 0 aliphatic heterocycles. The summed E-state index contributed by atoms with van der Waals surface area (Å²) in [7, 11) is -3.52. The lowest BCUT2D eigenvalue weighted by atomic mass is 10.3. The number of aromatic nitrogens is 1. The predicted molar refractivity (Wildman–Crippen MR) is 78.7 cm³/mol. The topological polar surface area (TPSA) is 76.3 Å². The van der Waals surface area contributed by atoms with Crippen molar-refractivity contribution in [2.75, 3.05) is 5.73 Å². The lowest BCUT2D eigenvalue weighted by Crippen LogP contribution is -2.32. The number of nitrogens with zero attached hydrogens (tertiary/aromatic N) is 2. The lowest BCUT2D eigenvalue weighted by Gasteiger charge is -2.21. The van der Waals surface area contributed by atoms with Crippen LogP contribution in [-0.2, 0) is 16.6 Å². The Balaban J connectivity index is 1.94. The summed E-state index contributed by atoms with van der Waals surface area (Å²) in [5, 5.41) is 3.93. The van der Waals surface area contributed by atoms with Crippen molar-refractivity contribution >= 4 is 27.2 Å². The van der Waals surface area contributed by atoms with Gasteiger partial charge in [-0.15, -0.1) is 0 Å². The number of sulfonamides is 1. The first-order valence-corrected chi connectivity index (χ1v) is 8.70. The highest BCUT2D eigenvalue weighted by atomic mass is 32.2. The first kappa shape index (κ1) is 13.5. The Labute approximate surface area is 122 Å². The highest BCUT2D eigenvalue weighted by Crippen LogP contribution is 2.33. The summed E-state index contributed by atoms with van der Waals surface area (Å²) in [6.07, 6.45) is 3.27. The molecule has 3 rings (SSSR count). The number of anilines is 1. The number of nitrogens with two attached hydrogens (primary N) is 1. The van der Waals surface area contributed by atoms with Crippen molar-refractivity contribution in [3.8, 4) is 0 Å². The van der Waals surface area contributed by atoms with Crippen LogP contribution in [0.15, 0.2) is 40.1 Å². The average molecular weight is 309 g/mol. The minimum Gasteiger partial charge on any atom is -0.384 e. The summed E-state index contributed by atoms with van der Waals surface area (Å²) in [6.45, 7) is 0.415. The second-order valence-corrected chi connectivity index (χ2v) is 7.50. The van der Waals surface area contributed by atoms with Gasteiger partial charge in [-0.1, -0.05) is 0 Å². The SMILES string of the molecule is Nc1cc(S(=O)(=O)N(Cc2ccsc2)C2CC2)ccn1. The molecule has 0 bridgehead atoms. The van der Waals surface area contributed by atoms with Crippen LogP contribution < -0.4 is 5.73 Å². The van der Waals surface area contributed by atoms with E-state index in [0.29, 0.717) is 6.54 Å². The molecule has 0 aromatic carbocycles. The molecule has 2 heterocycles. The number of nitrogen functional groups attached to an aromatic ring is 1. The monoisotopic (exact) mass is 309 g/mol. The van der Waals surface area contributed by atoms with Gasteiger partial charge in [0.25, 0.3) is 0 Å². The molecule has 0 atom stereocenters. The lowest BCUT2D eigenvalue weighted by molar-refractivity contribution is 0.399. The molecular formula is C13H15N3O2S2. The van der Waals surface area contributed by atoms with E-state index in [9.17, 15) is 8.42 Å². The fraction of sp³-hybridized carbons (Fsp3) is 0.308. The smallest absolute Gasteiger partial charge is 0.243 e. The van der Waals surface area contributed by atoms with Crippen molar-refractivity contribution in [2.45, 2.75) is 30.3 Å². The molecule has 2 aromatic rings. The summed E-state index contributed by atoms with van der Waals surface area (Å²) >= 11 is 1.57. The Bertz CT molecular complexity index is 694. The van der Waals surface area contributed by atoms with Crippen molar-refractivity contribution in [1.29, 1.82) is 0 Å². The maximum absolute atomic E-state index is 12.7. The van der Waals surface area contributed by atoms with Gasteiger partial charge >= 0.3 is 0 Å². The molecule has 1 aliphatic carbocycles. The van der Waals surface area contributed by atoms with Gasteiger partial charge in [-0.2, -0.15) is 15.6 Å². The second-order valence-electron chi connectivity index (χ2n) is 4.83. The largest absolute Gasteiger partial charge is 0.384 e. The summed E-state index contributed by atoms with van der Waals surface area (Å²) in [6, 6.07) is 4.97. The zero-order valence-electron chi connectivity index (χ0n) is 10.8. The maximum atomic E-state index is 12.7. The minimum absolute atomic E-state index is 0.106. The first-order chi connectivity index (χ1) is 9.57.